The van der Waals surface area contributed by atoms with Gasteiger partial charge < -0.3 is 14.8 Å². The van der Waals surface area contributed by atoms with E-state index in [9.17, 15) is 0 Å². The lowest BCUT2D eigenvalue weighted by Crippen LogP contribution is -2.46. The molecule has 0 spiro atoms. The summed E-state index contributed by atoms with van der Waals surface area (Å²) < 4.78 is 11.0. The molecule has 0 aromatic rings. The smallest absolute Gasteiger partial charge is 0.0707 e. The summed E-state index contributed by atoms with van der Waals surface area (Å²) >= 11 is 0. The summed E-state index contributed by atoms with van der Waals surface area (Å²) in [5.41, 5.74) is 0.355. The first kappa shape index (κ1) is 13.9. The Bertz CT molecular complexity index is 195. The Labute approximate surface area is 99.9 Å². The molecule has 0 heterocycles. The molecule has 1 N–H and O–H groups in total. The van der Waals surface area contributed by atoms with Gasteiger partial charge in [0, 0.05) is 12.6 Å². The highest BCUT2D eigenvalue weighted by molar-refractivity contribution is 4.91. The summed E-state index contributed by atoms with van der Waals surface area (Å²) in [6, 6.07) is 0. The molecule has 16 heavy (non-hydrogen) atoms. The quantitative estimate of drug-likeness (QED) is 0.680. The van der Waals surface area contributed by atoms with E-state index in [2.05, 4.69) is 26.1 Å². The minimum atomic E-state index is 0.150. The first-order chi connectivity index (χ1) is 7.47. The van der Waals surface area contributed by atoms with Gasteiger partial charge in [0.05, 0.1) is 18.8 Å². The molecular formula is C13H27NO2. The lowest BCUT2D eigenvalue weighted by molar-refractivity contribution is -0.115. The average molecular weight is 229 g/mol. The van der Waals surface area contributed by atoms with E-state index in [1.807, 2.05) is 0 Å². The normalized spacial score (nSPS) is 19.5. The fourth-order valence-corrected chi connectivity index (χ4v) is 2.04. The zero-order valence-electron chi connectivity index (χ0n) is 11.3. The maximum atomic E-state index is 5.96. The minimum absolute atomic E-state index is 0.150. The van der Waals surface area contributed by atoms with Crippen molar-refractivity contribution in [2.24, 2.45) is 0 Å². The fraction of sp³-hybridized carbons (Fsp3) is 1.00. The number of rotatable bonds is 7. The summed E-state index contributed by atoms with van der Waals surface area (Å²) in [4.78, 5) is 0. The first-order valence-electron chi connectivity index (χ1n) is 6.35. The highest BCUT2D eigenvalue weighted by Crippen LogP contribution is 2.38. The van der Waals surface area contributed by atoms with Gasteiger partial charge in [-0.1, -0.05) is 0 Å². The van der Waals surface area contributed by atoms with Gasteiger partial charge in [-0.2, -0.15) is 0 Å². The third kappa shape index (κ3) is 4.81. The predicted octanol–water partition coefficient (Wildman–Crippen LogP) is 2.35. The molecule has 1 aliphatic carbocycles. The van der Waals surface area contributed by atoms with Crippen LogP contribution in [0.2, 0.25) is 0 Å². The summed E-state index contributed by atoms with van der Waals surface area (Å²) in [5, 5.41) is 3.52. The molecule has 0 saturated heterocycles. The fourth-order valence-electron chi connectivity index (χ4n) is 2.04. The number of hydrogen-bond acceptors (Lipinski definition) is 3. The van der Waals surface area contributed by atoms with E-state index in [-0.39, 0.29) is 11.1 Å². The molecule has 96 valence electrons. The van der Waals surface area contributed by atoms with Crippen LogP contribution >= 0.6 is 0 Å². The Balaban J connectivity index is 2.20. The van der Waals surface area contributed by atoms with Crippen LogP contribution in [0.4, 0.5) is 0 Å². The van der Waals surface area contributed by atoms with E-state index in [0.29, 0.717) is 6.61 Å². The number of ether oxygens (including phenoxy) is 2. The molecule has 1 fully saturated rings. The van der Waals surface area contributed by atoms with Gasteiger partial charge in [0.15, 0.2) is 0 Å². The monoisotopic (exact) mass is 229 g/mol. The Hall–Kier alpha value is -0.120. The molecule has 0 aliphatic heterocycles. The van der Waals surface area contributed by atoms with Crippen molar-refractivity contribution >= 4 is 0 Å². The van der Waals surface area contributed by atoms with E-state index in [1.54, 1.807) is 7.11 Å². The van der Waals surface area contributed by atoms with Crippen LogP contribution in [0.3, 0.4) is 0 Å². The number of hydrogen-bond donors (Lipinski definition) is 1. The van der Waals surface area contributed by atoms with Crippen LogP contribution in [0.25, 0.3) is 0 Å². The molecule has 0 bridgehead atoms. The Kier molecular flexibility index (Phi) is 5.22. The molecule has 0 aromatic heterocycles. The standard InChI is InChI=1S/C13H27NO2/c1-12(2,3)14-9-8-13(6-5-7-13)16-11-10-15-4/h14H,5-11H2,1-4H3. The van der Waals surface area contributed by atoms with Gasteiger partial charge >= 0.3 is 0 Å². The van der Waals surface area contributed by atoms with Crippen molar-refractivity contribution in [3.05, 3.63) is 0 Å². The highest BCUT2D eigenvalue weighted by atomic mass is 16.5. The second-order valence-electron chi connectivity index (χ2n) is 5.80. The molecule has 1 saturated carbocycles. The van der Waals surface area contributed by atoms with Crippen LogP contribution < -0.4 is 5.32 Å². The lowest BCUT2D eigenvalue weighted by Gasteiger charge is -2.42. The summed E-state index contributed by atoms with van der Waals surface area (Å²) in [5.74, 6) is 0. The van der Waals surface area contributed by atoms with Crippen LogP contribution in [0.1, 0.15) is 46.5 Å². The topological polar surface area (TPSA) is 30.5 Å². The van der Waals surface area contributed by atoms with Crippen molar-refractivity contribution in [3.8, 4) is 0 Å². The maximum Gasteiger partial charge on any atom is 0.0707 e. The molecular weight excluding hydrogens is 202 g/mol. The predicted molar refractivity (Wildman–Crippen MR) is 66.8 cm³/mol. The Morgan fingerprint density at radius 1 is 1.19 bits per heavy atom. The van der Waals surface area contributed by atoms with Gasteiger partial charge in [-0.05, 0) is 53.0 Å². The van der Waals surface area contributed by atoms with Crippen LogP contribution in [0, 0.1) is 0 Å². The second kappa shape index (κ2) is 5.99. The van der Waals surface area contributed by atoms with Gasteiger partial charge in [-0.3, -0.25) is 0 Å². The second-order valence-corrected chi connectivity index (χ2v) is 5.80. The number of nitrogens with one attached hydrogen (secondary N) is 1. The van der Waals surface area contributed by atoms with Crippen molar-refractivity contribution in [2.45, 2.75) is 57.6 Å². The van der Waals surface area contributed by atoms with Crippen LogP contribution in [-0.4, -0.2) is 38.0 Å². The molecule has 3 nitrogen and oxygen atoms in total. The largest absolute Gasteiger partial charge is 0.382 e. The van der Waals surface area contributed by atoms with Gasteiger partial charge in [0.2, 0.25) is 0 Å². The third-order valence-electron chi connectivity index (χ3n) is 3.20. The highest BCUT2D eigenvalue weighted by Gasteiger charge is 2.37. The van der Waals surface area contributed by atoms with Gasteiger partial charge in [0.25, 0.3) is 0 Å². The third-order valence-corrected chi connectivity index (χ3v) is 3.20. The van der Waals surface area contributed by atoms with Crippen molar-refractivity contribution in [1.82, 2.24) is 5.32 Å². The van der Waals surface area contributed by atoms with Crippen LogP contribution in [-0.2, 0) is 9.47 Å². The Morgan fingerprint density at radius 3 is 2.31 bits per heavy atom. The van der Waals surface area contributed by atoms with Crippen molar-refractivity contribution in [3.63, 3.8) is 0 Å². The Morgan fingerprint density at radius 2 is 1.88 bits per heavy atom. The zero-order valence-corrected chi connectivity index (χ0v) is 11.3. The van der Waals surface area contributed by atoms with E-state index in [4.69, 9.17) is 9.47 Å². The maximum absolute atomic E-state index is 5.96. The van der Waals surface area contributed by atoms with Crippen LogP contribution in [0.15, 0.2) is 0 Å². The molecule has 3 heteroatoms. The van der Waals surface area contributed by atoms with Crippen molar-refractivity contribution in [2.75, 3.05) is 26.9 Å². The number of methoxy groups -OCH3 is 1. The van der Waals surface area contributed by atoms with Gasteiger partial charge in [0.1, 0.15) is 0 Å². The SMILES string of the molecule is COCCOC1(CCNC(C)(C)C)CCC1. The van der Waals surface area contributed by atoms with Gasteiger partial charge in [-0.15, -0.1) is 0 Å². The summed E-state index contributed by atoms with van der Waals surface area (Å²) in [6.45, 7) is 9.07. The molecule has 0 radical (unpaired) electrons. The molecule has 0 amide bonds. The molecule has 0 unspecified atom stereocenters. The zero-order chi connectivity index (χ0) is 12.1. The van der Waals surface area contributed by atoms with E-state index in [0.717, 1.165) is 19.6 Å². The molecule has 1 aliphatic rings. The molecule has 1 rings (SSSR count). The summed E-state index contributed by atoms with van der Waals surface area (Å²) in [6.07, 6.45) is 4.85. The van der Waals surface area contributed by atoms with Crippen molar-refractivity contribution < 1.29 is 9.47 Å². The lowest BCUT2D eigenvalue weighted by atomic mass is 9.77. The van der Waals surface area contributed by atoms with E-state index < -0.39 is 0 Å². The van der Waals surface area contributed by atoms with E-state index in [1.165, 1.54) is 19.3 Å². The first-order valence-corrected chi connectivity index (χ1v) is 6.35. The van der Waals surface area contributed by atoms with E-state index >= 15 is 0 Å². The minimum Gasteiger partial charge on any atom is -0.382 e. The van der Waals surface area contributed by atoms with Gasteiger partial charge in [-0.25, -0.2) is 0 Å². The molecule has 0 atom stereocenters. The van der Waals surface area contributed by atoms with Crippen LogP contribution in [0.5, 0.6) is 0 Å². The average Bonchev–Trinajstić information content (AvgIpc) is 2.11. The molecule has 0 aromatic carbocycles. The van der Waals surface area contributed by atoms with Crippen molar-refractivity contribution in [1.29, 1.82) is 0 Å². The summed E-state index contributed by atoms with van der Waals surface area (Å²) in [7, 11) is 1.72.